The van der Waals surface area contributed by atoms with Crippen molar-refractivity contribution in [3.8, 4) is 40.3 Å². The first-order valence-corrected chi connectivity index (χ1v) is 11.9. The molecular weight excluding hydrogens is 460 g/mol. The monoisotopic (exact) mass is 485 g/mol. The van der Waals surface area contributed by atoms with Crippen molar-refractivity contribution in [2.75, 3.05) is 38.2 Å². The molecule has 2 aromatic carbocycles. The lowest BCUT2D eigenvalue weighted by Gasteiger charge is -2.39. The van der Waals surface area contributed by atoms with Gasteiger partial charge in [0.25, 0.3) is 0 Å². The minimum atomic E-state index is -0.679. The van der Waals surface area contributed by atoms with E-state index in [1.54, 1.807) is 18.2 Å². The number of hydrogen-bond acceptors (Lipinski definition) is 6. The largest absolute Gasteiger partial charge is 0.494 e. The summed E-state index contributed by atoms with van der Waals surface area (Å²) < 4.78 is 34.3. The Balaban J connectivity index is 1.64. The molecule has 2 aliphatic heterocycles. The zero-order valence-electron chi connectivity index (χ0n) is 19.9. The Labute approximate surface area is 208 Å². The number of methoxy groups -OCH3 is 1. The van der Waals surface area contributed by atoms with Gasteiger partial charge in [-0.05, 0) is 67.1 Å². The quantitative estimate of drug-likeness (QED) is 0.558. The highest BCUT2D eigenvalue weighted by Gasteiger charge is 2.37. The Morgan fingerprint density at radius 1 is 0.944 bits per heavy atom. The number of anilines is 1. The van der Waals surface area contributed by atoms with Crippen LogP contribution in [0.4, 0.5) is 14.6 Å². The molecule has 8 heteroatoms. The van der Waals surface area contributed by atoms with E-state index in [9.17, 15) is 14.0 Å². The van der Waals surface area contributed by atoms with Crippen molar-refractivity contribution in [2.45, 2.75) is 19.3 Å². The number of aromatic nitrogens is 1. The second kappa shape index (κ2) is 9.56. The van der Waals surface area contributed by atoms with Crippen molar-refractivity contribution >= 4 is 5.82 Å². The lowest BCUT2D eigenvalue weighted by atomic mass is 9.78. The van der Waals surface area contributed by atoms with Crippen molar-refractivity contribution in [2.24, 2.45) is 5.41 Å². The van der Waals surface area contributed by atoms with Crippen molar-refractivity contribution < 1.29 is 13.5 Å². The number of hydrogen-bond donors (Lipinski definition) is 1. The SMILES string of the molecule is COc1ccc(-c2c(C#N)cc(N3CCC4(CCNC4)CC3)nc2-c2ccc(C#N)c(F)c2)cc1F. The summed E-state index contributed by atoms with van der Waals surface area (Å²) in [5.41, 5.74) is 2.14. The first-order chi connectivity index (χ1) is 17.5. The molecule has 3 heterocycles. The number of rotatable bonds is 4. The van der Waals surface area contributed by atoms with Gasteiger partial charge in [-0.25, -0.2) is 13.8 Å². The minimum absolute atomic E-state index is 0.0800. The van der Waals surface area contributed by atoms with Gasteiger partial charge in [0.1, 0.15) is 17.7 Å². The summed E-state index contributed by atoms with van der Waals surface area (Å²) in [5, 5.41) is 22.7. The van der Waals surface area contributed by atoms with Crippen LogP contribution in [-0.4, -0.2) is 38.3 Å². The number of nitrogens with one attached hydrogen (secondary N) is 1. The van der Waals surface area contributed by atoms with E-state index in [0.717, 1.165) is 45.4 Å². The summed E-state index contributed by atoms with van der Waals surface area (Å²) >= 11 is 0. The molecule has 1 spiro atoms. The van der Waals surface area contributed by atoms with Crippen molar-refractivity contribution in [1.29, 1.82) is 10.5 Å². The van der Waals surface area contributed by atoms with Crippen LogP contribution < -0.4 is 15.0 Å². The van der Waals surface area contributed by atoms with Gasteiger partial charge in [-0.15, -0.1) is 0 Å². The average molecular weight is 486 g/mol. The van der Waals surface area contributed by atoms with E-state index in [-0.39, 0.29) is 11.3 Å². The molecular formula is C28H25F2N5O. The van der Waals surface area contributed by atoms with Crippen molar-refractivity contribution in [1.82, 2.24) is 10.3 Å². The Bertz CT molecular complexity index is 1390. The molecule has 0 aliphatic carbocycles. The second-order valence-electron chi connectivity index (χ2n) is 9.43. The van der Waals surface area contributed by atoms with Crippen LogP contribution in [0.15, 0.2) is 42.5 Å². The highest BCUT2D eigenvalue weighted by Crippen LogP contribution is 2.41. The van der Waals surface area contributed by atoms with Crippen LogP contribution in [0.3, 0.4) is 0 Å². The van der Waals surface area contributed by atoms with Crippen LogP contribution in [0.2, 0.25) is 0 Å². The molecule has 0 saturated carbocycles. The van der Waals surface area contributed by atoms with Gasteiger partial charge in [-0.3, -0.25) is 0 Å². The van der Waals surface area contributed by atoms with Crippen molar-refractivity contribution in [3.05, 3.63) is 65.2 Å². The fourth-order valence-electron chi connectivity index (χ4n) is 5.29. The van der Waals surface area contributed by atoms with Gasteiger partial charge in [-0.2, -0.15) is 10.5 Å². The van der Waals surface area contributed by atoms with E-state index in [1.807, 2.05) is 6.07 Å². The van der Waals surface area contributed by atoms with E-state index < -0.39 is 11.6 Å². The molecule has 0 radical (unpaired) electrons. The third-order valence-corrected chi connectivity index (χ3v) is 7.41. The molecule has 2 aliphatic rings. The molecule has 0 bridgehead atoms. The summed E-state index contributed by atoms with van der Waals surface area (Å²) in [4.78, 5) is 7.05. The molecule has 1 N–H and O–H groups in total. The molecule has 0 unspecified atom stereocenters. The third kappa shape index (κ3) is 4.25. The van der Waals surface area contributed by atoms with Gasteiger partial charge in [0, 0.05) is 30.8 Å². The number of pyridine rings is 1. The maximum absolute atomic E-state index is 14.6. The molecule has 3 aromatic rings. The van der Waals surface area contributed by atoms with E-state index in [1.165, 1.54) is 31.4 Å². The average Bonchev–Trinajstić information content (AvgIpc) is 3.36. The standard InChI is InChI=1S/C28H25F2N5O/c1-36-24-5-4-18(12-23(24)30)26-21(16-32)14-25(35-10-7-28(8-11-35)6-9-33-17-28)34-27(26)19-2-3-20(15-31)22(29)13-19/h2-5,12-14,33H,6-11,17H2,1H3. The molecule has 6 nitrogen and oxygen atoms in total. The molecule has 1 aromatic heterocycles. The summed E-state index contributed by atoms with van der Waals surface area (Å²) in [6.45, 7) is 3.67. The molecule has 0 amide bonds. The first-order valence-electron chi connectivity index (χ1n) is 11.9. The van der Waals surface area contributed by atoms with E-state index in [4.69, 9.17) is 15.0 Å². The van der Waals surface area contributed by atoms with E-state index >= 15 is 0 Å². The van der Waals surface area contributed by atoms with Crippen LogP contribution in [0.1, 0.15) is 30.4 Å². The highest BCUT2D eigenvalue weighted by molar-refractivity contribution is 5.87. The molecule has 36 heavy (non-hydrogen) atoms. The smallest absolute Gasteiger partial charge is 0.165 e. The number of benzene rings is 2. The van der Waals surface area contributed by atoms with E-state index in [0.29, 0.717) is 39.2 Å². The number of piperidine rings is 1. The topological polar surface area (TPSA) is 85.0 Å². The maximum Gasteiger partial charge on any atom is 0.165 e. The predicted molar refractivity (Wildman–Crippen MR) is 132 cm³/mol. The maximum atomic E-state index is 14.6. The van der Waals surface area contributed by atoms with Gasteiger partial charge >= 0.3 is 0 Å². The molecule has 2 saturated heterocycles. The summed E-state index contributed by atoms with van der Waals surface area (Å²) in [6, 6.07) is 14.5. The van der Waals surface area contributed by atoms with E-state index in [2.05, 4.69) is 16.3 Å². The number of nitriles is 2. The minimum Gasteiger partial charge on any atom is -0.494 e. The zero-order chi connectivity index (χ0) is 25.3. The van der Waals surface area contributed by atoms with Crippen LogP contribution in [0, 0.1) is 39.7 Å². The van der Waals surface area contributed by atoms with Crippen LogP contribution in [0.25, 0.3) is 22.4 Å². The fourth-order valence-corrected chi connectivity index (χ4v) is 5.29. The van der Waals surface area contributed by atoms with Gasteiger partial charge in [-0.1, -0.05) is 12.1 Å². The number of nitrogens with zero attached hydrogens (tertiary/aromatic N) is 4. The van der Waals surface area contributed by atoms with Crippen molar-refractivity contribution in [3.63, 3.8) is 0 Å². The Morgan fingerprint density at radius 3 is 2.28 bits per heavy atom. The van der Waals surface area contributed by atoms with Gasteiger partial charge in [0.05, 0.1) is 30.0 Å². The second-order valence-corrected chi connectivity index (χ2v) is 9.43. The summed E-state index contributed by atoms with van der Waals surface area (Å²) in [6.07, 6.45) is 3.21. The lowest BCUT2D eigenvalue weighted by molar-refractivity contribution is 0.247. The Kier molecular flexibility index (Phi) is 6.30. The van der Waals surface area contributed by atoms with Gasteiger partial charge in [0.15, 0.2) is 11.6 Å². The highest BCUT2D eigenvalue weighted by atomic mass is 19.1. The lowest BCUT2D eigenvalue weighted by Crippen LogP contribution is -2.41. The molecule has 5 rings (SSSR count). The first kappa shape index (κ1) is 23.7. The summed E-state index contributed by atoms with van der Waals surface area (Å²) in [7, 11) is 1.38. The predicted octanol–water partition coefficient (Wildman–Crippen LogP) is 5.03. The Morgan fingerprint density at radius 2 is 1.67 bits per heavy atom. The fraction of sp³-hybridized carbons (Fsp3) is 0.321. The van der Waals surface area contributed by atoms with Gasteiger partial charge < -0.3 is 15.0 Å². The Hall–Kier alpha value is -4.01. The van der Waals surface area contributed by atoms with Crippen LogP contribution >= 0.6 is 0 Å². The number of ether oxygens (including phenoxy) is 1. The molecule has 2 fully saturated rings. The van der Waals surface area contributed by atoms with Crippen LogP contribution in [-0.2, 0) is 0 Å². The number of halogens is 2. The summed E-state index contributed by atoms with van der Waals surface area (Å²) in [5.74, 6) is -0.547. The zero-order valence-corrected chi connectivity index (χ0v) is 19.9. The normalized spacial score (nSPS) is 16.5. The van der Waals surface area contributed by atoms with Crippen LogP contribution in [0.5, 0.6) is 5.75 Å². The van der Waals surface area contributed by atoms with Gasteiger partial charge in [0.2, 0.25) is 0 Å². The molecule has 0 atom stereocenters. The third-order valence-electron chi connectivity index (χ3n) is 7.41. The molecule has 182 valence electrons.